The zero-order chi connectivity index (χ0) is 18.5. The largest absolute Gasteiger partial charge is 0.463 e. The molecule has 2 atom stereocenters. The minimum Gasteiger partial charge on any atom is -0.463 e. The van der Waals surface area contributed by atoms with Crippen LogP contribution in [0.4, 0.5) is 0 Å². The SMILES string of the molecule is O=C(C[NH2+][C@@H](c1ccccc1)c1ccco1)N[C@H]1CCCc2ccccc21. The number of nitrogens with one attached hydrogen (secondary N) is 1. The molecule has 1 aromatic heterocycles. The van der Waals surface area contributed by atoms with E-state index in [4.69, 9.17) is 4.42 Å². The molecule has 1 amide bonds. The van der Waals surface area contributed by atoms with Crippen LogP contribution in [0.15, 0.2) is 77.4 Å². The van der Waals surface area contributed by atoms with E-state index in [1.165, 1.54) is 11.1 Å². The van der Waals surface area contributed by atoms with Crippen molar-refractivity contribution in [3.8, 4) is 0 Å². The third kappa shape index (κ3) is 4.12. The number of aryl methyl sites for hydroxylation is 1. The topological polar surface area (TPSA) is 58.9 Å². The van der Waals surface area contributed by atoms with Crippen molar-refractivity contribution in [2.75, 3.05) is 6.54 Å². The molecule has 0 radical (unpaired) electrons. The smallest absolute Gasteiger partial charge is 0.275 e. The molecule has 1 heterocycles. The van der Waals surface area contributed by atoms with Crippen molar-refractivity contribution in [1.82, 2.24) is 5.32 Å². The third-order valence-corrected chi connectivity index (χ3v) is 5.25. The van der Waals surface area contributed by atoms with Crippen LogP contribution in [-0.2, 0) is 11.2 Å². The Morgan fingerprint density at radius 1 is 1.07 bits per heavy atom. The maximum Gasteiger partial charge on any atom is 0.275 e. The monoisotopic (exact) mass is 361 g/mol. The average molecular weight is 361 g/mol. The summed E-state index contributed by atoms with van der Waals surface area (Å²) in [7, 11) is 0. The predicted octanol–water partition coefficient (Wildman–Crippen LogP) is 3.13. The van der Waals surface area contributed by atoms with Gasteiger partial charge in [-0.1, -0.05) is 54.6 Å². The molecule has 1 aliphatic carbocycles. The van der Waals surface area contributed by atoms with Crippen molar-refractivity contribution in [2.45, 2.75) is 31.3 Å². The maximum absolute atomic E-state index is 12.7. The zero-order valence-electron chi connectivity index (χ0n) is 15.3. The summed E-state index contributed by atoms with van der Waals surface area (Å²) in [6.45, 7) is 0.360. The van der Waals surface area contributed by atoms with Crippen LogP contribution in [0.1, 0.15) is 47.4 Å². The number of nitrogens with two attached hydrogens (primary N) is 1. The molecule has 2 aromatic carbocycles. The average Bonchev–Trinajstić information content (AvgIpc) is 3.24. The van der Waals surface area contributed by atoms with E-state index in [9.17, 15) is 4.79 Å². The minimum atomic E-state index is -0.0226. The molecule has 3 aromatic rings. The van der Waals surface area contributed by atoms with E-state index in [0.29, 0.717) is 6.54 Å². The molecule has 0 saturated heterocycles. The summed E-state index contributed by atoms with van der Waals surface area (Å²) >= 11 is 0. The number of furan rings is 1. The number of carbonyl (C=O) groups excluding carboxylic acids is 1. The van der Waals surface area contributed by atoms with Gasteiger partial charge in [-0.3, -0.25) is 4.79 Å². The van der Waals surface area contributed by atoms with Crippen molar-refractivity contribution >= 4 is 5.91 Å². The first kappa shape index (κ1) is 17.6. The van der Waals surface area contributed by atoms with E-state index in [-0.39, 0.29) is 18.0 Å². The number of fused-ring (bicyclic) bond motifs is 1. The van der Waals surface area contributed by atoms with E-state index >= 15 is 0 Å². The molecule has 0 unspecified atom stereocenters. The molecular formula is C23H25N2O2+. The summed E-state index contributed by atoms with van der Waals surface area (Å²) in [5.74, 6) is 0.918. The van der Waals surface area contributed by atoms with E-state index in [1.54, 1.807) is 6.26 Å². The number of quaternary nitrogens is 1. The number of carbonyl (C=O) groups is 1. The number of hydrogen-bond donors (Lipinski definition) is 2. The molecule has 0 fully saturated rings. The van der Waals surface area contributed by atoms with Gasteiger partial charge in [0.1, 0.15) is 0 Å². The van der Waals surface area contributed by atoms with Gasteiger partial charge in [-0.2, -0.15) is 0 Å². The lowest BCUT2D eigenvalue weighted by atomic mass is 9.88. The minimum absolute atomic E-state index is 0.0226. The lowest BCUT2D eigenvalue weighted by Crippen LogP contribution is -2.87. The van der Waals surface area contributed by atoms with Gasteiger partial charge in [-0.05, 0) is 42.5 Å². The van der Waals surface area contributed by atoms with E-state index in [0.717, 1.165) is 30.6 Å². The summed E-state index contributed by atoms with van der Waals surface area (Å²) in [5, 5.41) is 5.27. The summed E-state index contributed by atoms with van der Waals surface area (Å²) < 4.78 is 5.62. The molecule has 3 N–H and O–H groups in total. The summed E-state index contributed by atoms with van der Waals surface area (Å²) in [6, 6.07) is 22.5. The fraction of sp³-hybridized carbons (Fsp3) is 0.261. The van der Waals surface area contributed by atoms with E-state index in [1.807, 2.05) is 35.6 Å². The standard InChI is InChI=1S/C23H24N2O2/c26-22(25-20-13-6-11-17-8-4-5-12-19(17)20)16-24-23(21-14-7-15-27-21)18-9-2-1-3-10-18/h1-5,7-10,12,14-15,20,23-24H,6,11,13,16H2,(H,25,26)/p+1/t20-,23-/m0/s1. The summed E-state index contributed by atoms with van der Waals surface area (Å²) in [4.78, 5) is 12.7. The Kier molecular flexibility index (Phi) is 5.35. The Hall–Kier alpha value is -2.85. The molecule has 0 saturated carbocycles. The molecular weight excluding hydrogens is 336 g/mol. The van der Waals surface area contributed by atoms with Gasteiger partial charge < -0.3 is 15.1 Å². The molecule has 1 aliphatic rings. The van der Waals surface area contributed by atoms with Crippen LogP contribution in [-0.4, -0.2) is 12.5 Å². The van der Waals surface area contributed by atoms with Crippen LogP contribution >= 0.6 is 0 Å². The Labute approximate surface area is 159 Å². The molecule has 4 rings (SSSR count). The Balaban J connectivity index is 1.42. The van der Waals surface area contributed by atoms with Gasteiger partial charge in [-0.15, -0.1) is 0 Å². The highest BCUT2D eigenvalue weighted by atomic mass is 16.3. The van der Waals surface area contributed by atoms with Gasteiger partial charge in [-0.25, -0.2) is 0 Å². The van der Waals surface area contributed by atoms with Crippen LogP contribution in [0, 0.1) is 0 Å². The van der Waals surface area contributed by atoms with Crippen LogP contribution in [0.3, 0.4) is 0 Å². The fourth-order valence-electron chi connectivity index (χ4n) is 3.93. The fourth-order valence-corrected chi connectivity index (χ4v) is 3.93. The number of amides is 1. The molecule has 4 heteroatoms. The number of hydrogen-bond acceptors (Lipinski definition) is 2. The van der Waals surface area contributed by atoms with Crippen LogP contribution in [0.2, 0.25) is 0 Å². The Morgan fingerprint density at radius 3 is 2.70 bits per heavy atom. The summed E-state index contributed by atoms with van der Waals surface area (Å²) in [6.07, 6.45) is 4.90. The highest BCUT2D eigenvalue weighted by molar-refractivity contribution is 5.77. The van der Waals surface area contributed by atoms with Crippen molar-refractivity contribution in [2.24, 2.45) is 0 Å². The molecule has 0 bridgehead atoms. The van der Waals surface area contributed by atoms with Crippen molar-refractivity contribution in [1.29, 1.82) is 0 Å². The normalized spacial score (nSPS) is 17.1. The highest BCUT2D eigenvalue weighted by Gasteiger charge is 2.24. The van der Waals surface area contributed by atoms with Gasteiger partial charge in [0, 0.05) is 5.56 Å². The molecule has 0 spiro atoms. The first-order valence-corrected chi connectivity index (χ1v) is 9.60. The van der Waals surface area contributed by atoms with Gasteiger partial charge in [0.2, 0.25) is 0 Å². The predicted molar refractivity (Wildman–Crippen MR) is 104 cm³/mol. The molecule has 4 nitrogen and oxygen atoms in total. The lowest BCUT2D eigenvalue weighted by molar-refractivity contribution is -0.678. The maximum atomic E-state index is 12.7. The van der Waals surface area contributed by atoms with E-state index in [2.05, 4.69) is 41.7 Å². The second-order valence-corrected chi connectivity index (χ2v) is 7.05. The first-order chi connectivity index (χ1) is 13.3. The highest BCUT2D eigenvalue weighted by Crippen LogP contribution is 2.29. The van der Waals surface area contributed by atoms with Gasteiger partial charge in [0.25, 0.3) is 5.91 Å². The van der Waals surface area contributed by atoms with Crippen molar-refractivity contribution < 1.29 is 14.5 Å². The third-order valence-electron chi connectivity index (χ3n) is 5.25. The molecule has 0 aliphatic heterocycles. The molecule has 27 heavy (non-hydrogen) atoms. The Morgan fingerprint density at radius 2 is 1.89 bits per heavy atom. The van der Waals surface area contributed by atoms with Gasteiger partial charge in [0.15, 0.2) is 18.3 Å². The van der Waals surface area contributed by atoms with Gasteiger partial charge >= 0.3 is 0 Å². The van der Waals surface area contributed by atoms with Crippen LogP contribution in [0.25, 0.3) is 0 Å². The first-order valence-electron chi connectivity index (χ1n) is 9.60. The zero-order valence-corrected chi connectivity index (χ0v) is 15.3. The van der Waals surface area contributed by atoms with Crippen molar-refractivity contribution in [3.63, 3.8) is 0 Å². The van der Waals surface area contributed by atoms with Gasteiger partial charge in [0.05, 0.1) is 12.3 Å². The van der Waals surface area contributed by atoms with E-state index < -0.39 is 0 Å². The second-order valence-electron chi connectivity index (χ2n) is 7.05. The quantitative estimate of drug-likeness (QED) is 0.709. The number of benzene rings is 2. The molecule has 138 valence electrons. The van der Waals surface area contributed by atoms with Crippen LogP contribution < -0.4 is 10.6 Å². The lowest BCUT2D eigenvalue weighted by Gasteiger charge is -2.26. The number of rotatable bonds is 6. The van der Waals surface area contributed by atoms with Crippen LogP contribution in [0.5, 0.6) is 0 Å². The second kappa shape index (κ2) is 8.23. The summed E-state index contributed by atoms with van der Waals surface area (Å²) in [5.41, 5.74) is 3.75. The Bertz CT molecular complexity index is 874. The van der Waals surface area contributed by atoms with Crippen molar-refractivity contribution in [3.05, 3.63) is 95.4 Å².